The molecule has 0 N–H and O–H groups in total. The Kier molecular flexibility index (Phi) is 4.02. The van der Waals surface area contributed by atoms with Gasteiger partial charge in [0.25, 0.3) is 0 Å². The molecule has 0 spiro atoms. The summed E-state index contributed by atoms with van der Waals surface area (Å²) in [5.74, 6) is 0. The molecule has 0 amide bonds. The number of rotatable bonds is 2. The second-order valence-electron chi connectivity index (χ2n) is 9.12. The smallest absolute Gasteiger partial charge is 0.0491 e. The molecule has 0 unspecified atom stereocenters. The molecule has 0 radical (unpaired) electrons. The Bertz CT molecular complexity index is 811. The topological polar surface area (TPSA) is 4.93 Å². The number of hydrogen-bond acceptors (Lipinski definition) is 0. The fraction of sp³-hybridized carbons (Fsp3) is 0.478. The predicted molar refractivity (Wildman–Crippen MR) is 107 cm³/mol. The van der Waals surface area contributed by atoms with Crippen LogP contribution in [-0.4, -0.2) is 4.57 Å². The van der Waals surface area contributed by atoms with Crippen LogP contribution in [0.1, 0.15) is 66.0 Å². The molecule has 128 valence electrons. The third kappa shape index (κ3) is 2.85. The van der Waals surface area contributed by atoms with Gasteiger partial charge in [-0.25, -0.2) is 0 Å². The van der Waals surface area contributed by atoms with E-state index in [1.807, 2.05) is 0 Å². The van der Waals surface area contributed by atoms with Gasteiger partial charge in [0, 0.05) is 28.4 Å². The van der Waals surface area contributed by atoms with Crippen LogP contribution < -0.4 is 0 Å². The van der Waals surface area contributed by atoms with Crippen LogP contribution in [0.25, 0.3) is 21.8 Å². The molecule has 0 atom stereocenters. The van der Waals surface area contributed by atoms with Gasteiger partial charge in [0.2, 0.25) is 0 Å². The molecule has 0 aliphatic rings. The summed E-state index contributed by atoms with van der Waals surface area (Å²) in [5, 5.41) is 2.80. The van der Waals surface area contributed by atoms with Gasteiger partial charge in [0.15, 0.2) is 0 Å². The molecule has 0 saturated carbocycles. The molecule has 3 aromatic rings. The summed E-state index contributed by atoms with van der Waals surface area (Å²) in [4.78, 5) is 0. The zero-order valence-corrected chi connectivity index (χ0v) is 16.3. The van der Waals surface area contributed by atoms with E-state index in [2.05, 4.69) is 89.4 Å². The first-order chi connectivity index (χ1) is 11.1. The van der Waals surface area contributed by atoms with Crippen LogP contribution in [0.15, 0.2) is 36.4 Å². The number of aryl methyl sites for hydroxylation is 1. The second-order valence-corrected chi connectivity index (χ2v) is 9.12. The fourth-order valence-corrected chi connectivity index (χ4v) is 3.50. The lowest BCUT2D eigenvalue weighted by Gasteiger charge is -2.19. The minimum absolute atomic E-state index is 0.176. The van der Waals surface area contributed by atoms with Crippen molar-refractivity contribution in [2.75, 3.05) is 0 Å². The van der Waals surface area contributed by atoms with E-state index >= 15 is 0 Å². The monoisotopic (exact) mass is 321 g/mol. The fourth-order valence-electron chi connectivity index (χ4n) is 3.50. The Morgan fingerprint density at radius 2 is 1.12 bits per heavy atom. The highest BCUT2D eigenvalue weighted by molar-refractivity contribution is 6.08. The Labute approximate surface area is 146 Å². The first kappa shape index (κ1) is 17.1. The average molecular weight is 322 g/mol. The SMILES string of the molecule is CCCn1c2ccc(C(C)(C)C)cc2c2cc(C(C)(C)C)ccc21. The summed E-state index contributed by atoms with van der Waals surface area (Å²) in [5.41, 5.74) is 5.90. The van der Waals surface area contributed by atoms with Crippen LogP contribution in [0.4, 0.5) is 0 Å². The number of fused-ring (bicyclic) bond motifs is 3. The maximum Gasteiger partial charge on any atom is 0.0491 e. The van der Waals surface area contributed by atoms with Gasteiger partial charge in [0.05, 0.1) is 0 Å². The number of benzene rings is 2. The highest BCUT2D eigenvalue weighted by Crippen LogP contribution is 2.35. The lowest BCUT2D eigenvalue weighted by molar-refractivity contribution is 0.590. The summed E-state index contributed by atoms with van der Waals surface area (Å²) < 4.78 is 2.49. The van der Waals surface area contributed by atoms with E-state index < -0.39 is 0 Å². The summed E-state index contributed by atoms with van der Waals surface area (Å²) in [6, 6.07) is 14.1. The minimum atomic E-state index is 0.176. The van der Waals surface area contributed by atoms with Crippen molar-refractivity contribution in [1.82, 2.24) is 4.57 Å². The molecule has 0 aliphatic carbocycles. The van der Waals surface area contributed by atoms with Crippen LogP contribution >= 0.6 is 0 Å². The van der Waals surface area contributed by atoms with Crippen molar-refractivity contribution in [1.29, 1.82) is 0 Å². The summed E-state index contributed by atoms with van der Waals surface area (Å²) >= 11 is 0. The van der Waals surface area contributed by atoms with Crippen LogP contribution in [0.2, 0.25) is 0 Å². The Hall–Kier alpha value is -1.76. The van der Waals surface area contributed by atoms with Gasteiger partial charge >= 0.3 is 0 Å². The predicted octanol–water partition coefficient (Wildman–Crippen LogP) is 6.80. The third-order valence-electron chi connectivity index (χ3n) is 5.04. The number of hydrogen-bond donors (Lipinski definition) is 0. The molecule has 3 rings (SSSR count). The Balaban J connectivity index is 2.38. The molecule has 0 fully saturated rings. The van der Waals surface area contributed by atoms with Crippen molar-refractivity contribution in [2.24, 2.45) is 0 Å². The molecule has 1 heteroatoms. The summed E-state index contributed by atoms with van der Waals surface area (Å²) in [6.45, 7) is 17.1. The lowest BCUT2D eigenvalue weighted by atomic mass is 9.85. The van der Waals surface area contributed by atoms with Crippen molar-refractivity contribution < 1.29 is 0 Å². The van der Waals surface area contributed by atoms with Gasteiger partial charge in [-0.1, -0.05) is 60.6 Å². The van der Waals surface area contributed by atoms with Crippen molar-refractivity contribution in [3.63, 3.8) is 0 Å². The highest BCUT2D eigenvalue weighted by Gasteiger charge is 2.19. The number of aromatic nitrogens is 1. The van der Waals surface area contributed by atoms with E-state index in [9.17, 15) is 0 Å². The molecule has 1 aromatic heterocycles. The maximum atomic E-state index is 2.49. The standard InChI is InChI=1S/C23H31N/c1-8-13-24-20-11-9-16(22(2,3)4)14-18(20)19-15-17(23(5,6)7)10-12-21(19)24/h9-12,14-15H,8,13H2,1-7H3. The molecule has 0 saturated heterocycles. The van der Waals surface area contributed by atoms with E-state index in [-0.39, 0.29) is 10.8 Å². The number of nitrogens with zero attached hydrogens (tertiary/aromatic N) is 1. The molecule has 24 heavy (non-hydrogen) atoms. The zero-order chi connectivity index (χ0) is 17.7. The normalized spacial score (nSPS) is 13.1. The van der Waals surface area contributed by atoms with Gasteiger partial charge in [-0.05, 0) is 52.6 Å². The quantitative estimate of drug-likeness (QED) is 0.489. The molecule has 1 heterocycles. The van der Waals surface area contributed by atoms with Gasteiger partial charge in [-0.3, -0.25) is 0 Å². The first-order valence-electron chi connectivity index (χ1n) is 9.20. The first-order valence-corrected chi connectivity index (χ1v) is 9.20. The van der Waals surface area contributed by atoms with Gasteiger partial charge < -0.3 is 4.57 Å². The zero-order valence-electron chi connectivity index (χ0n) is 16.3. The van der Waals surface area contributed by atoms with E-state index in [1.54, 1.807) is 0 Å². The van der Waals surface area contributed by atoms with Crippen LogP contribution in [0, 0.1) is 0 Å². The third-order valence-corrected chi connectivity index (χ3v) is 5.04. The van der Waals surface area contributed by atoms with E-state index in [1.165, 1.54) is 32.9 Å². The van der Waals surface area contributed by atoms with E-state index in [4.69, 9.17) is 0 Å². The average Bonchev–Trinajstić information content (AvgIpc) is 2.79. The second kappa shape index (κ2) is 5.65. The lowest BCUT2D eigenvalue weighted by Crippen LogP contribution is -2.10. The van der Waals surface area contributed by atoms with Crippen molar-refractivity contribution in [3.05, 3.63) is 47.5 Å². The van der Waals surface area contributed by atoms with E-state index in [0.717, 1.165) is 13.0 Å². The van der Waals surface area contributed by atoms with Crippen LogP contribution in [-0.2, 0) is 17.4 Å². The largest absolute Gasteiger partial charge is 0.340 e. The van der Waals surface area contributed by atoms with Gasteiger partial charge in [-0.15, -0.1) is 0 Å². The van der Waals surface area contributed by atoms with Gasteiger partial charge in [-0.2, -0.15) is 0 Å². The van der Waals surface area contributed by atoms with Crippen LogP contribution in [0.5, 0.6) is 0 Å². The van der Waals surface area contributed by atoms with Crippen LogP contribution in [0.3, 0.4) is 0 Å². The minimum Gasteiger partial charge on any atom is -0.340 e. The summed E-state index contributed by atoms with van der Waals surface area (Å²) in [6.07, 6.45) is 1.15. The molecule has 0 aliphatic heterocycles. The van der Waals surface area contributed by atoms with Crippen molar-refractivity contribution in [3.8, 4) is 0 Å². The molecule has 1 nitrogen and oxygen atoms in total. The van der Waals surface area contributed by atoms with Gasteiger partial charge in [0.1, 0.15) is 0 Å². The van der Waals surface area contributed by atoms with Crippen molar-refractivity contribution >= 4 is 21.8 Å². The molecular formula is C23H31N. The molecule has 2 aromatic carbocycles. The molecular weight excluding hydrogens is 290 g/mol. The van der Waals surface area contributed by atoms with Crippen molar-refractivity contribution in [2.45, 2.75) is 72.3 Å². The van der Waals surface area contributed by atoms with E-state index in [0.29, 0.717) is 0 Å². The Morgan fingerprint density at radius 1 is 0.708 bits per heavy atom. The molecule has 0 bridgehead atoms. The summed E-state index contributed by atoms with van der Waals surface area (Å²) in [7, 11) is 0. The highest BCUT2D eigenvalue weighted by atomic mass is 15.0. The maximum absolute atomic E-state index is 2.49. The Morgan fingerprint density at radius 3 is 1.46 bits per heavy atom.